The average Bonchev–Trinajstić information content (AvgIpc) is 3.17. The number of rotatable bonds is 6. The van der Waals surface area contributed by atoms with Crippen LogP contribution in [0.3, 0.4) is 0 Å². The predicted octanol–water partition coefficient (Wildman–Crippen LogP) is 1.79. The van der Waals surface area contributed by atoms with Crippen LogP contribution in [0.5, 0.6) is 0 Å². The van der Waals surface area contributed by atoms with Gasteiger partial charge in [-0.1, -0.05) is 30.3 Å². The van der Waals surface area contributed by atoms with Crippen LogP contribution in [-0.4, -0.2) is 58.5 Å². The second kappa shape index (κ2) is 8.35. The zero-order valence-electron chi connectivity index (χ0n) is 15.9. The topological polar surface area (TPSA) is 95.3 Å². The molecule has 0 saturated carbocycles. The lowest BCUT2D eigenvalue weighted by Gasteiger charge is -2.34. The number of nitrogens with two attached hydrogens (primary N) is 1. The van der Waals surface area contributed by atoms with Crippen molar-refractivity contribution in [1.29, 1.82) is 0 Å². The smallest absolute Gasteiger partial charge is 0.231 e. The number of nitrogens with zero attached hydrogens (tertiary/aromatic N) is 3. The summed E-state index contributed by atoms with van der Waals surface area (Å²) in [5, 5.41) is 7.45. The first-order chi connectivity index (χ1) is 13.0. The van der Waals surface area contributed by atoms with Gasteiger partial charge in [-0.25, -0.2) is 0 Å². The van der Waals surface area contributed by atoms with E-state index in [1.54, 1.807) is 4.90 Å². The summed E-state index contributed by atoms with van der Waals surface area (Å²) in [7, 11) is 1.84. The lowest BCUT2D eigenvalue weighted by atomic mass is 9.94. The van der Waals surface area contributed by atoms with Crippen LogP contribution in [0.4, 0.5) is 0 Å². The maximum Gasteiger partial charge on any atom is 0.231 e. The molecule has 1 fully saturated rings. The van der Waals surface area contributed by atoms with Crippen molar-refractivity contribution in [2.24, 2.45) is 11.7 Å². The van der Waals surface area contributed by atoms with Crippen LogP contribution in [0.25, 0.3) is 11.3 Å². The number of primary amides is 1. The van der Waals surface area contributed by atoms with E-state index in [1.165, 1.54) is 0 Å². The van der Waals surface area contributed by atoms with Crippen LogP contribution in [0, 0.1) is 5.92 Å². The summed E-state index contributed by atoms with van der Waals surface area (Å²) in [5.74, 6) is -0.200. The number of carbonyl (C=O) groups is 2. The molecule has 1 aliphatic rings. The van der Waals surface area contributed by atoms with Gasteiger partial charge in [0.1, 0.15) is 0 Å². The van der Waals surface area contributed by atoms with Crippen LogP contribution < -0.4 is 5.73 Å². The van der Waals surface area contributed by atoms with Crippen molar-refractivity contribution in [3.8, 4) is 11.3 Å². The highest BCUT2D eigenvalue weighted by Gasteiger charge is 2.30. The number of hydrogen-bond donors (Lipinski definition) is 2. The Bertz CT molecular complexity index is 781. The summed E-state index contributed by atoms with van der Waals surface area (Å²) in [4.78, 5) is 27.7. The SMILES string of the molecule is C[C@@H](c1cc(-c2ccccc2)n[nH]1)N(C)C(=O)C1CCN(CC(N)=O)CC1. The Labute approximate surface area is 159 Å². The van der Waals surface area contributed by atoms with Gasteiger partial charge in [0.2, 0.25) is 11.8 Å². The summed E-state index contributed by atoms with van der Waals surface area (Å²) in [6.45, 7) is 3.72. The van der Waals surface area contributed by atoms with Gasteiger partial charge in [0.15, 0.2) is 0 Å². The number of aromatic nitrogens is 2. The summed E-state index contributed by atoms with van der Waals surface area (Å²) in [6.07, 6.45) is 1.50. The summed E-state index contributed by atoms with van der Waals surface area (Å²) < 4.78 is 0. The highest BCUT2D eigenvalue weighted by Crippen LogP contribution is 2.26. The van der Waals surface area contributed by atoms with Gasteiger partial charge in [-0.3, -0.25) is 19.6 Å². The maximum absolute atomic E-state index is 12.9. The molecule has 27 heavy (non-hydrogen) atoms. The molecule has 1 saturated heterocycles. The molecule has 1 aromatic heterocycles. The largest absolute Gasteiger partial charge is 0.369 e. The fourth-order valence-electron chi connectivity index (χ4n) is 3.55. The van der Waals surface area contributed by atoms with Crippen LogP contribution >= 0.6 is 0 Å². The van der Waals surface area contributed by atoms with Crippen LogP contribution in [-0.2, 0) is 9.59 Å². The van der Waals surface area contributed by atoms with Crippen LogP contribution in [0.15, 0.2) is 36.4 Å². The lowest BCUT2D eigenvalue weighted by Crippen LogP contribution is -2.44. The highest BCUT2D eigenvalue weighted by molar-refractivity contribution is 5.79. The van der Waals surface area contributed by atoms with Crippen LogP contribution in [0.1, 0.15) is 31.5 Å². The van der Waals surface area contributed by atoms with E-state index in [2.05, 4.69) is 10.2 Å². The van der Waals surface area contributed by atoms with Gasteiger partial charge in [-0.2, -0.15) is 5.10 Å². The number of H-pyrrole nitrogens is 1. The monoisotopic (exact) mass is 369 g/mol. The van der Waals surface area contributed by atoms with Gasteiger partial charge in [-0.15, -0.1) is 0 Å². The van der Waals surface area contributed by atoms with Crippen molar-refractivity contribution in [2.45, 2.75) is 25.8 Å². The molecule has 2 heterocycles. The quantitative estimate of drug-likeness (QED) is 0.811. The van der Waals surface area contributed by atoms with Crippen molar-refractivity contribution in [3.63, 3.8) is 0 Å². The predicted molar refractivity (Wildman–Crippen MR) is 104 cm³/mol. The molecule has 144 valence electrons. The van der Waals surface area contributed by atoms with E-state index in [9.17, 15) is 9.59 Å². The van der Waals surface area contributed by atoms with E-state index >= 15 is 0 Å². The van der Waals surface area contributed by atoms with Gasteiger partial charge in [0, 0.05) is 18.5 Å². The second-order valence-electron chi connectivity index (χ2n) is 7.22. The van der Waals surface area contributed by atoms with E-state index in [1.807, 2.05) is 55.3 Å². The van der Waals surface area contributed by atoms with Crippen molar-refractivity contribution < 1.29 is 9.59 Å². The number of nitrogens with one attached hydrogen (secondary N) is 1. The molecule has 0 radical (unpaired) electrons. The Balaban J connectivity index is 1.60. The minimum absolute atomic E-state index is 0.0157. The van der Waals surface area contributed by atoms with Gasteiger partial charge in [-0.05, 0) is 38.9 Å². The third-order valence-corrected chi connectivity index (χ3v) is 5.36. The van der Waals surface area contributed by atoms with Gasteiger partial charge >= 0.3 is 0 Å². The third kappa shape index (κ3) is 4.54. The van der Waals surface area contributed by atoms with Gasteiger partial charge in [0.05, 0.1) is 24.0 Å². The molecule has 0 aliphatic carbocycles. The first-order valence-corrected chi connectivity index (χ1v) is 9.33. The molecule has 1 aliphatic heterocycles. The Hall–Kier alpha value is -2.67. The maximum atomic E-state index is 12.9. The van der Waals surface area contributed by atoms with E-state index in [0.717, 1.165) is 42.9 Å². The minimum Gasteiger partial charge on any atom is -0.369 e. The van der Waals surface area contributed by atoms with Crippen molar-refractivity contribution in [2.75, 3.05) is 26.7 Å². The molecule has 7 nitrogen and oxygen atoms in total. The summed E-state index contributed by atoms with van der Waals surface area (Å²) in [5.41, 5.74) is 8.08. The molecule has 2 amide bonds. The molecular weight excluding hydrogens is 342 g/mol. The number of benzene rings is 1. The molecule has 7 heteroatoms. The molecule has 0 unspecified atom stereocenters. The van der Waals surface area contributed by atoms with E-state index in [-0.39, 0.29) is 30.3 Å². The minimum atomic E-state index is -0.320. The Morgan fingerprint density at radius 3 is 2.59 bits per heavy atom. The number of aromatic amines is 1. The number of carbonyl (C=O) groups excluding carboxylic acids is 2. The number of hydrogen-bond acceptors (Lipinski definition) is 4. The van der Waals surface area contributed by atoms with Crippen molar-refractivity contribution in [3.05, 3.63) is 42.1 Å². The Kier molecular flexibility index (Phi) is 5.91. The fraction of sp³-hybridized carbons (Fsp3) is 0.450. The number of likely N-dealkylation sites (tertiary alicyclic amines) is 1. The van der Waals surface area contributed by atoms with Gasteiger partial charge < -0.3 is 10.6 Å². The molecule has 0 bridgehead atoms. The standard InChI is InChI=1S/C20H27N5O2/c1-14(17-12-18(23-22-17)15-6-4-3-5-7-15)24(2)20(27)16-8-10-25(11-9-16)13-19(21)26/h3-7,12,14,16H,8-11,13H2,1-2H3,(H2,21,26)(H,22,23)/t14-/m0/s1. The first-order valence-electron chi connectivity index (χ1n) is 9.33. The van der Waals surface area contributed by atoms with Crippen LogP contribution in [0.2, 0.25) is 0 Å². The van der Waals surface area contributed by atoms with E-state index < -0.39 is 0 Å². The van der Waals surface area contributed by atoms with Gasteiger partial charge in [0.25, 0.3) is 0 Å². The molecule has 2 aromatic rings. The van der Waals surface area contributed by atoms with E-state index in [0.29, 0.717) is 0 Å². The average molecular weight is 369 g/mol. The highest BCUT2D eigenvalue weighted by atomic mass is 16.2. The molecule has 3 N–H and O–H groups in total. The number of amides is 2. The molecule has 1 atom stereocenters. The summed E-state index contributed by atoms with van der Waals surface area (Å²) in [6, 6.07) is 11.9. The molecule has 3 rings (SSSR count). The zero-order valence-corrected chi connectivity index (χ0v) is 15.9. The Morgan fingerprint density at radius 2 is 1.96 bits per heavy atom. The number of piperidine rings is 1. The molecule has 1 aromatic carbocycles. The normalized spacial score (nSPS) is 16.8. The molecule has 0 spiro atoms. The zero-order chi connectivity index (χ0) is 19.4. The van der Waals surface area contributed by atoms with Crippen molar-refractivity contribution in [1.82, 2.24) is 20.0 Å². The van der Waals surface area contributed by atoms with Crippen molar-refractivity contribution >= 4 is 11.8 Å². The summed E-state index contributed by atoms with van der Waals surface area (Å²) >= 11 is 0. The van der Waals surface area contributed by atoms with E-state index in [4.69, 9.17) is 5.73 Å². The Morgan fingerprint density at radius 1 is 1.30 bits per heavy atom. The molecular formula is C20H27N5O2. The second-order valence-corrected chi connectivity index (χ2v) is 7.22. The fourth-order valence-corrected chi connectivity index (χ4v) is 3.55. The first kappa shape index (κ1) is 19.1. The third-order valence-electron chi connectivity index (χ3n) is 5.36. The lowest BCUT2D eigenvalue weighted by molar-refractivity contribution is -0.137.